The first-order valence-corrected chi connectivity index (χ1v) is 3.81. The minimum Gasteiger partial charge on any atom is -0.485 e. The number of halogens is 2. The minimum absolute atomic E-state index is 0.0770. The van der Waals surface area contributed by atoms with Crippen LogP contribution in [-0.2, 0) is 0 Å². The largest absolute Gasteiger partial charge is 0.485 e. The van der Waals surface area contributed by atoms with Crippen LogP contribution >= 0.6 is 0 Å². The molecule has 0 aliphatic rings. The molecule has 0 unspecified atom stereocenters. The van der Waals surface area contributed by atoms with Gasteiger partial charge >= 0.3 is 0 Å². The summed E-state index contributed by atoms with van der Waals surface area (Å²) in [6.45, 7) is -0.730. The van der Waals surface area contributed by atoms with Crippen molar-refractivity contribution in [3.63, 3.8) is 0 Å². The molecule has 0 aromatic carbocycles. The maximum atomic E-state index is 11.8. The highest BCUT2D eigenvalue weighted by molar-refractivity contribution is 5.95. The second kappa shape index (κ2) is 4.50. The highest BCUT2D eigenvalue weighted by Gasteiger charge is 2.09. The molecule has 0 aliphatic heterocycles. The van der Waals surface area contributed by atoms with E-state index in [0.29, 0.717) is 0 Å². The fraction of sp³-hybridized carbons (Fsp3) is 0.250. The minimum atomic E-state index is -2.56. The zero-order chi connectivity index (χ0) is 10.6. The quantitative estimate of drug-likeness (QED) is 0.564. The summed E-state index contributed by atoms with van der Waals surface area (Å²) < 4.78 is 28.4. The van der Waals surface area contributed by atoms with Crippen LogP contribution in [0.1, 0.15) is 5.69 Å². The predicted molar refractivity (Wildman–Crippen MR) is 46.8 cm³/mol. The topological polar surface area (TPSA) is 72.0 Å². The van der Waals surface area contributed by atoms with Gasteiger partial charge < -0.3 is 10.5 Å². The van der Waals surface area contributed by atoms with Crippen LogP contribution < -0.4 is 10.5 Å². The Morgan fingerprint density at radius 3 is 2.93 bits per heavy atom. The van der Waals surface area contributed by atoms with E-state index in [9.17, 15) is 8.78 Å². The number of ether oxygens (including phenoxy) is 1. The third kappa shape index (κ3) is 2.65. The molecule has 0 bridgehead atoms. The number of rotatable bonds is 4. The lowest BCUT2D eigenvalue weighted by Gasteiger charge is -2.08. The molecular weight excluding hydrogens is 192 g/mol. The van der Waals surface area contributed by atoms with E-state index in [0.717, 1.165) is 0 Å². The number of alkyl halides is 2. The molecular formula is C8H9F2N3O. The third-order valence-corrected chi connectivity index (χ3v) is 1.39. The van der Waals surface area contributed by atoms with Crippen LogP contribution in [0.3, 0.4) is 0 Å². The lowest BCUT2D eigenvalue weighted by Crippen LogP contribution is -2.16. The van der Waals surface area contributed by atoms with Crippen molar-refractivity contribution in [1.29, 1.82) is 5.41 Å². The van der Waals surface area contributed by atoms with Crippen LogP contribution in [0, 0.1) is 5.41 Å². The molecule has 4 nitrogen and oxygen atoms in total. The van der Waals surface area contributed by atoms with Gasteiger partial charge in [0.1, 0.15) is 23.9 Å². The van der Waals surface area contributed by atoms with Crippen molar-refractivity contribution in [2.24, 2.45) is 5.73 Å². The summed E-state index contributed by atoms with van der Waals surface area (Å²) in [4.78, 5) is 3.74. The average Bonchev–Trinajstić information content (AvgIpc) is 2.15. The van der Waals surface area contributed by atoms with Gasteiger partial charge in [0.15, 0.2) is 0 Å². The molecule has 0 amide bonds. The smallest absolute Gasteiger partial charge is 0.272 e. The summed E-state index contributed by atoms with van der Waals surface area (Å²) in [5, 5.41) is 7.11. The Balaban J connectivity index is 2.79. The van der Waals surface area contributed by atoms with Crippen molar-refractivity contribution in [2.45, 2.75) is 6.43 Å². The van der Waals surface area contributed by atoms with Crippen LogP contribution in [0.5, 0.6) is 5.75 Å². The van der Waals surface area contributed by atoms with Crippen LogP contribution in [0.2, 0.25) is 0 Å². The summed E-state index contributed by atoms with van der Waals surface area (Å²) in [5.74, 6) is -0.213. The standard InChI is InChI=1S/C8H9F2N3O/c9-6(10)4-14-5-2-1-3-13-7(5)8(11)12/h1-3,6H,4H2,(H3,11,12). The number of hydrogen-bond acceptors (Lipinski definition) is 3. The summed E-state index contributed by atoms with van der Waals surface area (Å²) >= 11 is 0. The molecule has 0 saturated heterocycles. The van der Waals surface area contributed by atoms with Crippen molar-refractivity contribution in [2.75, 3.05) is 6.61 Å². The highest BCUT2D eigenvalue weighted by atomic mass is 19.3. The maximum absolute atomic E-state index is 11.8. The molecule has 3 N–H and O–H groups in total. The van der Waals surface area contributed by atoms with Gasteiger partial charge in [0.05, 0.1) is 0 Å². The zero-order valence-corrected chi connectivity index (χ0v) is 7.21. The van der Waals surface area contributed by atoms with E-state index < -0.39 is 13.0 Å². The van der Waals surface area contributed by atoms with E-state index >= 15 is 0 Å². The van der Waals surface area contributed by atoms with Gasteiger partial charge in [0.25, 0.3) is 6.43 Å². The Hall–Kier alpha value is -1.72. The van der Waals surface area contributed by atoms with E-state index in [1.807, 2.05) is 0 Å². The van der Waals surface area contributed by atoms with Crippen molar-refractivity contribution in [3.8, 4) is 5.75 Å². The molecule has 0 atom stereocenters. The normalized spacial score (nSPS) is 10.2. The Morgan fingerprint density at radius 1 is 1.64 bits per heavy atom. The van der Waals surface area contributed by atoms with E-state index in [4.69, 9.17) is 15.9 Å². The number of nitrogens with one attached hydrogen (secondary N) is 1. The van der Waals surface area contributed by atoms with Gasteiger partial charge in [-0.25, -0.2) is 13.8 Å². The number of pyridine rings is 1. The molecule has 0 aliphatic carbocycles. The van der Waals surface area contributed by atoms with Crippen LogP contribution in [-0.4, -0.2) is 23.9 Å². The second-order valence-electron chi connectivity index (χ2n) is 2.47. The van der Waals surface area contributed by atoms with Gasteiger partial charge in [-0.05, 0) is 12.1 Å². The number of nitrogen functional groups attached to an aromatic ring is 1. The number of aromatic nitrogens is 1. The van der Waals surface area contributed by atoms with Crippen LogP contribution in [0.15, 0.2) is 18.3 Å². The Labute approximate surface area is 79.2 Å². The average molecular weight is 201 g/mol. The van der Waals surface area contributed by atoms with E-state index in [-0.39, 0.29) is 17.3 Å². The summed E-state index contributed by atoms with van der Waals surface area (Å²) in [6.07, 6.45) is -1.15. The Kier molecular flexibility index (Phi) is 3.33. The van der Waals surface area contributed by atoms with Crippen molar-refractivity contribution >= 4 is 5.84 Å². The molecule has 6 heteroatoms. The predicted octanol–water partition coefficient (Wildman–Crippen LogP) is 1.01. The number of hydrogen-bond donors (Lipinski definition) is 2. The van der Waals surface area contributed by atoms with Gasteiger partial charge in [-0.15, -0.1) is 0 Å². The van der Waals surface area contributed by atoms with Gasteiger partial charge in [-0.3, -0.25) is 5.41 Å². The van der Waals surface area contributed by atoms with Crippen molar-refractivity contribution in [3.05, 3.63) is 24.0 Å². The molecule has 0 saturated carbocycles. The maximum Gasteiger partial charge on any atom is 0.272 e. The van der Waals surface area contributed by atoms with E-state index in [1.54, 1.807) is 0 Å². The fourth-order valence-corrected chi connectivity index (χ4v) is 0.862. The monoisotopic (exact) mass is 201 g/mol. The summed E-state index contributed by atoms with van der Waals surface area (Å²) in [5.41, 5.74) is 5.25. The third-order valence-electron chi connectivity index (χ3n) is 1.39. The van der Waals surface area contributed by atoms with Crippen molar-refractivity contribution in [1.82, 2.24) is 4.98 Å². The number of nitrogens with zero attached hydrogens (tertiary/aromatic N) is 1. The molecule has 0 spiro atoms. The molecule has 1 rings (SSSR count). The molecule has 1 aromatic rings. The highest BCUT2D eigenvalue weighted by Crippen LogP contribution is 2.15. The first-order chi connectivity index (χ1) is 6.61. The SMILES string of the molecule is N=C(N)c1ncccc1OCC(F)F. The second-order valence-corrected chi connectivity index (χ2v) is 2.47. The first kappa shape index (κ1) is 10.4. The van der Waals surface area contributed by atoms with Gasteiger partial charge in [0.2, 0.25) is 0 Å². The lowest BCUT2D eigenvalue weighted by molar-refractivity contribution is 0.0816. The lowest BCUT2D eigenvalue weighted by atomic mass is 10.3. The molecule has 1 heterocycles. The molecule has 0 fully saturated rings. The molecule has 14 heavy (non-hydrogen) atoms. The van der Waals surface area contributed by atoms with Gasteiger partial charge in [0, 0.05) is 6.20 Å². The Morgan fingerprint density at radius 2 is 2.36 bits per heavy atom. The number of amidine groups is 1. The van der Waals surface area contributed by atoms with Gasteiger partial charge in [-0.1, -0.05) is 0 Å². The number of nitrogens with two attached hydrogens (primary N) is 1. The fourth-order valence-electron chi connectivity index (χ4n) is 0.862. The van der Waals surface area contributed by atoms with Crippen LogP contribution in [0.25, 0.3) is 0 Å². The van der Waals surface area contributed by atoms with Crippen LogP contribution in [0.4, 0.5) is 8.78 Å². The van der Waals surface area contributed by atoms with E-state index in [1.165, 1.54) is 18.3 Å². The first-order valence-electron chi connectivity index (χ1n) is 3.81. The summed E-state index contributed by atoms with van der Waals surface area (Å²) in [7, 11) is 0. The van der Waals surface area contributed by atoms with Gasteiger partial charge in [-0.2, -0.15) is 0 Å². The Bertz CT molecular complexity index is 330. The van der Waals surface area contributed by atoms with E-state index in [2.05, 4.69) is 4.98 Å². The summed E-state index contributed by atoms with van der Waals surface area (Å²) in [6, 6.07) is 2.96. The molecule has 1 aromatic heterocycles. The molecule has 76 valence electrons. The van der Waals surface area contributed by atoms with Crippen molar-refractivity contribution < 1.29 is 13.5 Å². The zero-order valence-electron chi connectivity index (χ0n) is 7.21. The molecule has 0 radical (unpaired) electrons.